The predicted molar refractivity (Wildman–Crippen MR) is 47.3 cm³/mol. The first-order chi connectivity index (χ1) is 6.22. The van der Waals surface area contributed by atoms with E-state index in [1.165, 1.54) is 0 Å². The summed E-state index contributed by atoms with van der Waals surface area (Å²) in [6.45, 7) is -0.0629. The van der Waals surface area contributed by atoms with E-state index in [0.717, 1.165) is 25.7 Å². The van der Waals surface area contributed by atoms with Gasteiger partial charge in [0.05, 0.1) is 25.4 Å². The molecule has 4 heteroatoms. The fraction of sp³-hybridized carbons (Fsp3) is 1.00. The second-order valence-corrected chi connectivity index (χ2v) is 3.60. The van der Waals surface area contributed by atoms with Gasteiger partial charge in [-0.15, -0.1) is 0 Å². The lowest BCUT2D eigenvalue weighted by molar-refractivity contribution is -0.0519. The third-order valence-electron chi connectivity index (χ3n) is 2.38. The zero-order valence-corrected chi connectivity index (χ0v) is 7.72. The first-order valence-electron chi connectivity index (χ1n) is 4.81. The minimum Gasteiger partial charge on any atom is -0.394 e. The van der Waals surface area contributed by atoms with Gasteiger partial charge in [0.25, 0.3) is 0 Å². The van der Waals surface area contributed by atoms with Crippen molar-refractivity contribution in [1.82, 2.24) is 0 Å². The van der Waals surface area contributed by atoms with Crippen molar-refractivity contribution in [2.45, 2.75) is 44.0 Å². The summed E-state index contributed by atoms with van der Waals surface area (Å²) >= 11 is 0. The first kappa shape index (κ1) is 10.9. The summed E-state index contributed by atoms with van der Waals surface area (Å²) < 4.78 is 5.36. The minimum absolute atomic E-state index is 0.143. The topological polar surface area (TPSA) is 69.9 Å². The molecule has 1 unspecified atom stereocenters. The summed E-state index contributed by atoms with van der Waals surface area (Å²) in [5.74, 6) is 0. The lowest BCUT2D eigenvalue weighted by atomic mass is 9.95. The van der Waals surface area contributed by atoms with Crippen LogP contribution in [0, 0.1) is 0 Å². The van der Waals surface area contributed by atoms with Gasteiger partial charge in [-0.2, -0.15) is 0 Å². The van der Waals surface area contributed by atoms with Crippen molar-refractivity contribution in [2.24, 2.45) is 0 Å². The first-order valence-corrected chi connectivity index (χ1v) is 4.81. The van der Waals surface area contributed by atoms with Gasteiger partial charge in [-0.1, -0.05) is 0 Å². The Morgan fingerprint density at radius 2 is 1.85 bits per heavy atom. The van der Waals surface area contributed by atoms with E-state index in [1.54, 1.807) is 0 Å². The van der Waals surface area contributed by atoms with Crippen LogP contribution in [-0.4, -0.2) is 46.8 Å². The number of aliphatic hydroxyl groups excluding tert-OH is 3. The van der Waals surface area contributed by atoms with Crippen molar-refractivity contribution in [1.29, 1.82) is 0 Å². The highest BCUT2D eigenvalue weighted by atomic mass is 16.5. The fourth-order valence-electron chi connectivity index (χ4n) is 1.51. The Morgan fingerprint density at radius 3 is 2.38 bits per heavy atom. The van der Waals surface area contributed by atoms with Crippen LogP contribution in [0.1, 0.15) is 25.7 Å². The molecule has 0 aromatic rings. The molecule has 0 aliphatic heterocycles. The summed E-state index contributed by atoms with van der Waals surface area (Å²) in [7, 11) is 0. The van der Waals surface area contributed by atoms with Crippen LogP contribution in [0.4, 0.5) is 0 Å². The SMILES string of the molecule is OCC(O)COC1CCC(O)CC1. The van der Waals surface area contributed by atoms with Gasteiger partial charge < -0.3 is 20.1 Å². The molecule has 13 heavy (non-hydrogen) atoms. The van der Waals surface area contributed by atoms with E-state index in [-0.39, 0.29) is 25.4 Å². The zero-order chi connectivity index (χ0) is 9.68. The maximum Gasteiger partial charge on any atom is 0.100 e. The highest BCUT2D eigenvalue weighted by Gasteiger charge is 2.20. The van der Waals surface area contributed by atoms with Gasteiger partial charge in [0.2, 0.25) is 0 Å². The molecule has 0 aromatic carbocycles. The average molecular weight is 190 g/mol. The zero-order valence-electron chi connectivity index (χ0n) is 7.72. The quantitative estimate of drug-likeness (QED) is 0.567. The number of aliphatic hydroxyl groups is 3. The van der Waals surface area contributed by atoms with Gasteiger partial charge in [-0.25, -0.2) is 0 Å². The van der Waals surface area contributed by atoms with E-state index in [2.05, 4.69) is 0 Å². The van der Waals surface area contributed by atoms with Gasteiger partial charge in [0, 0.05) is 0 Å². The van der Waals surface area contributed by atoms with Gasteiger partial charge in [0.15, 0.2) is 0 Å². The molecule has 0 aromatic heterocycles. The largest absolute Gasteiger partial charge is 0.394 e. The number of rotatable bonds is 4. The number of hydrogen-bond donors (Lipinski definition) is 3. The van der Waals surface area contributed by atoms with Crippen molar-refractivity contribution in [2.75, 3.05) is 13.2 Å². The van der Waals surface area contributed by atoms with Crippen LogP contribution in [-0.2, 0) is 4.74 Å². The van der Waals surface area contributed by atoms with Crippen LogP contribution in [0.15, 0.2) is 0 Å². The summed E-state index contributed by atoms with van der Waals surface area (Å²) in [6, 6.07) is 0. The lowest BCUT2D eigenvalue weighted by Crippen LogP contribution is -2.28. The molecule has 3 N–H and O–H groups in total. The summed E-state index contributed by atoms with van der Waals surface area (Å²) in [5.41, 5.74) is 0. The van der Waals surface area contributed by atoms with E-state index >= 15 is 0 Å². The van der Waals surface area contributed by atoms with E-state index in [0.29, 0.717) is 0 Å². The Labute approximate surface area is 78.1 Å². The Kier molecular flexibility index (Phi) is 4.66. The summed E-state index contributed by atoms with van der Waals surface area (Å²) in [5, 5.41) is 26.8. The molecule has 0 spiro atoms. The average Bonchev–Trinajstić information content (AvgIpc) is 2.16. The second kappa shape index (κ2) is 5.54. The molecule has 0 bridgehead atoms. The van der Waals surface area contributed by atoms with Crippen molar-refractivity contribution in [3.05, 3.63) is 0 Å². The Hall–Kier alpha value is -0.160. The number of hydrogen-bond acceptors (Lipinski definition) is 4. The van der Waals surface area contributed by atoms with Gasteiger partial charge in [-0.05, 0) is 25.7 Å². The Bertz CT molecular complexity index is 132. The third-order valence-corrected chi connectivity index (χ3v) is 2.38. The molecule has 1 atom stereocenters. The van der Waals surface area contributed by atoms with Crippen LogP contribution < -0.4 is 0 Å². The normalized spacial score (nSPS) is 31.6. The molecular weight excluding hydrogens is 172 g/mol. The van der Waals surface area contributed by atoms with Crippen molar-refractivity contribution >= 4 is 0 Å². The summed E-state index contributed by atoms with van der Waals surface area (Å²) in [6.07, 6.45) is 2.44. The van der Waals surface area contributed by atoms with Crippen LogP contribution in [0.2, 0.25) is 0 Å². The highest BCUT2D eigenvalue weighted by Crippen LogP contribution is 2.20. The van der Waals surface area contributed by atoms with Crippen molar-refractivity contribution < 1.29 is 20.1 Å². The maximum absolute atomic E-state index is 9.21. The smallest absolute Gasteiger partial charge is 0.100 e. The van der Waals surface area contributed by atoms with Gasteiger partial charge >= 0.3 is 0 Å². The fourth-order valence-corrected chi connectivity index (χ4v) is 1.51. The minimum atomic E-state index is -0.771. The molecule has 78 valence electrons. The standard InChI is InChI=1S/C9H18O4/c10-5-8(12)6-13-9-3-1-7(11)2-4-9/h7-12H,1-6H2. The third kappa shape index (κ3) is 4.04. The second-order valence-electron chi connectivity index (χ2n) is 3.60. The molecule has 1 fully saturated rings. The van der Waals surface area contributed by atoms with Gasteiger partial charge in [-0.3, -0.25) is 0 Å². The molecule has 1 aliphatic carbocycles. The summed E-state index contributed by atoms with van der Waals surface area (Å²) in [4.78, 5) is 0. The van der Waals surface area contributed by atoms with Gasteiger partial charge in [0.1, 0.15) is 6.10 Å². The predicted octanol–water partition coefficient (Wildman–Crippen LogP) is -0.340. The maximum atomic E-state index is 9.21. The van der Waals surface area contributed by atoms with E-state index in [9.17, 15) is 5.11 Å². The number of ether oxygens (including phenoxy) is 1. The monoisotopic (exact) mass is 190 g/mol. The van der Waals surface area contributed by atoms with E-state index in [1.807, 2.05) is 0 Å². The van der Waals surface area contributed by atoms with E-state index in [4.69, 9.17) is 14.9 Å². The Balaban J connectivity index is 2.08. The molecule has 4 nitrogen and oxygen atoms in total. The Morgan fingerprint density at radius 1 is 1.23 bits per heavy atom. The van der Waals surface area contributed by atoms with Crippen molar-refractivity contribution in [3.8, 4) is 0 Å². The van der Waals surface area contributed by atoms with Crippen LogP contribution >= 0.6 is 0 Å². The van der Waals surface area contributed by atoms with Crippen LogP contribution in [0.5, 0.6) is 0 Å². The molecular formula is C9H18O4. The molecule has 0 amide bonds. The van der Waals surface area contributed by atoms with Crippen molar-refractivity contribution in [3.63, 3.8) is 0 Å². The molecule has 0 saturated heterocycles. The van der Waals surface area contributed by atoms with Crippen LogP contribution in [0.3, 0.4) is 0 Å². The molecule has 0 heterocycles. The lowest BCUT2D eigenvalue weighted by Gasteiger charge is -2.26. The molecule has 1 aliphatic rings. The van der Waals surface area contributed by atoms with Crippen LogP contribution in [0.25, 0.3) is 0 Å². The molecule has 0 radical (unpaired) electrons. The highest BCUT2D eigenvalue weighted by molar-refractivity contribution is 4.71. The molecule has 1 rings (SSSR count). The molecule has 1 saturated carbocycles. The van der Waals surface area contributed by atoms with E-state index < -0.39 is 6.10 Å².